The van der Waals surface area contributed by atoms with E-state index in [2.05, 4.69) is 44.4 Å². The van der Waals surface area contributed by atoms with Crippen LogP contribution in [0, 0.1) is 10.8 Å². The molecule has 3 rings (SSSR count). The average Bonchev–Trinajstić information content (AvgIpc) is 2.80. The number of hydrogen-bond donors (Lipinski definition) is 2. The first-order chi connectivity index (χ1) is 9.34. The van der Waals surface area contributed by atoms with Gasteiger partial charge in [0.15, 0.2) is 0 Å². The first kappa shape index (κ1) is 13.6. The molecule has 1 aliphatic carbocycles. The zero-order chi connectivity index (χ0) is 14.5. The van der Waals surface area contributed by atoms with Crippen molar-refractivity contribution in [3.8, 4) is 0 Å². The lowest BCUT2D eigenvalue weighted by Gasteiger charge is -2.18. The molecule has 3 heteroatoms. The van der Waals surface area contributed by atoms with Gasteiger partial charge in [0.05, 0.1) is 0 Å². The van der Waals surface area contributed by atoms with Crippen LogP contribution in [0.4, 0.5) is 0 Å². The number of rotatable bonds is 2. The van der Waals surface area contributed by atoms with Crippen molar-refractivity contribution in [2.24, 2.45) is 10.8 Å². The summed E-state index contributed by atoms with van der Waals surface area (Å²) in [6.45, 7) is 10.8. The fourth-order valence-corrected chi connectivity index (χ4v) is 3.39. The Bertz CT molecular complexity index is 546. The fourth-order valence-electron chi connectivity index (χ4n) is 3.39. The van der Waals surface area contributed by atoms with Crippen LogP contribution in [0.25, 0.3) is 0 Å². The second-order valence-corrected chi connectivity index (χ2v) is 7.26. The van der Waals surface area contributed by atoms with Gasteiger partial charge in [-0.25, -0.2) is 0 Å². The summed E-state index contributed by atoms with van der Waals surface area (Å²) in [6, 6.07) is 6.37. The monoisotopic (exact) mass is 272 g/mol. The molecule has 0 atom stereocenters. The van der Waals surface area contributed by atoms with E-state index >= 15 is 0 Å². The van der Waals surface area contributed by atoms with Crippen molar-refractivity contribution in [1.29, 1.82) is 0 Å². The van der Waals surface area contributed by atoms with Gasteiger partial charge in [0, 0.05) is 18.2 Å². The molecule has 0 saturated heterocycles. The second kappa shape index (κ2) is 4.32. The van der Waals surface area contributed by atoms with Crippen LogP contribution in [0.2, 0.25) is 0 Å². The Morgan fingerprint density at radius 3 is 2.55 bits per heavy atom. The quantitative estimate of drug-likeness (QED) is 0.868. The first-order valence-corrected chi connectivity index (χ1v) is 7.47. The smallest absolute Gasteiger partial charge is 0.251 e. The van der Waals surface area contributed by atoms with Gasteiger partial charge in [-0.05, 0) is 47.1 Å². The number of hydrogen-bond acceptors (Lipinski definition) is 2. The zero-order valence-electron chi connectivity index (χ0n) is 12.8. The van der Waals surface area contributed by atoms with E-state index in [4.69, 9.17) is 0 Å². The molecule has 20 heavy (non-hydrogen) atoms. The summed E-state index contributed by atoms with van der Waals surface area (Å²) in [5.41, 5.74) is 3.77. The highest BCUT2D eigenvalue weighted by Gasteiger charge is 2.65. The number of benzene rings is 1. The minimum atomic E-state index is 0.0574. The van der Waals surface area contributed by atoms with E-state index in [1.807, 2.05) is 12.1 Å². The molecule has 1 heterocycles. The molecule has 0 unspecified atom stereocenters. The Kier molecular flexibility index (Phi) is 2.94. The number of amides is 1. The van der Waals surface area contributed by atoms with Crippen molar-refractivity contribution in [2.75, 3.05) is 6.54 Å². The molecule has 3 nitrogen and oxygen atoms in total. The van der Waals surface area contributed by atoms with Gasteiger partial charge in [0.25, 0.3) is 5.91 Å². The molecule has 2 aliphatic rings. The van der Waals surface area contributed by atoms with Crippen molar-refractivity contribution >= 4 is 5.91 Å². The minimum absolute atomic E-state index is 0.0574. The van der Waals surface area contributed by atoms with Gasteiger partial charge in [-0.2, -0.15) is 0 Å². The predicted octanol–water partition coefficient (Wildman–Crippen LogP) is 2.50. The van der Waals surface area contributed by atoms with Crippen LogP contribution in [0.1, 0.15) is 49.2 Å². The van der Waals surface area contributed by atoms with Crippen LogP contribution in [-0.2, 0) is 13.0 Å². The number of carbonyl (C=O) groups is 1. The lowest BCUT2D eigenvalue weighted by Crippen LogP contribution is -2.30. The van der Waals surface area contributed by atoms with E-state index in [-0.39, 0.29) is 22.8 Å². The molecule has 2 N–H and O–H groups in total. The van der Waals surface area contributed by atoms with Gasteiger partial charge in [0.2, 0.25) is 0 Å². The lowest BCUT2D eigenvalue weighted by atomic mass is 9.98. The molecule has 1 aromatic carbocycles. The molecule has 108 valence electrons. The summed E-state index contributed by atoms with van der Waals surface area (Å²) in [5, 5.41) is 6.55. The van der Waals surface area contributed by atoms with E-state index in [0.29, 0.717) is 0 Å². The Hall–Kier alpha value is -1.35. The van der Waals surface area contributed by atoms with E-state index in [1.165, 1.54) is 11.1 Å². The maximum atomic E-state index is 12.4. The van der Waals surface area contributed by atoms with E-state index in [9.17, 15) is 4.79 Å². The third-order valence-electron chi connectivity index (χ3n) is 5.65. The van der Waals surface area contributed by atoms with Crippen LogP contribution in [0.15, 0.2) is 18.2 Å². The Morgan fingerprint density at radius 1 is 1.20 bits per heavy atom. The van der Waals surface area contributed by atoms with Gasteiger partial charge in [-0.15, -0.1) is 0 Å². The standard InChI is InChI=1S/C17H24N2O/c1-16(2)15(17(16,3)4)19-14(20)12-6-5-11-7-8-18-10-13(11)9-12/h5-6,9,15,18H,7-8,10H2,1-4H3,(H,19,20). The van der Waals surface area contributed by atoms with Crippen LogP contribution >= 0.6 is 0 Å². The number of fused-ring (bicyclic) bond motifs is 1. The first-order valence-electron chi connectivity index (χ1n) is 7.47. The molecule has 1 aliphatic heterocycles. The van der Waals surface area contributed by atoms with Gasteiger partial charge < -0.3 is 10.6 Å². The van der Waals surface area contributed by atoms with Crippen molar-refractivity contribution < 1.29 is 4.79 Å². The van der Waals surface area contributed by atoms with Gasteiger partial charge in [-0.1, -0.05) is 33.8 Å². The minimum Gasteiger partial charge on any atom is -0.348 e. The lowest BCUT2D eigenvalue weighted by molar-refractivity contribution is 0.0943. The van der Waals surface area contributed by atoms with Crippen molar-refractivity contribution in [3.63, 3.8) is 0 Å². The van der Waals surface area contributed by atoms with Crippen molar-refractivity contribution in [2.45, 2.75) is 46.7 Å². The van der Waals surface area contributed by atoms with E-state index in [0.717, 1.165) is 25.1 Å². The summed E-state index contributed by atoms with van der Waals surface area (Å²) in [6.07, 6.45) is 1.06. The second-order valence-electron chi connectivity index (χ2n) is 7.26. The largest absolute Gasteiger partial charge is 0.348 e. The molecule has 0 spiro atoms. The maximum Gasteiger partial charge on any atom is 0.251 e. The Balaban J connectivity index is 1.76. The van der Waals surface area contributed by atoms with Crippen molar-refractivity contribution in [3.05, 3.63) is 34.9 Å². The molecule has 0 aromatic heterocycles. The summed E-state index contributed by atoms with van der Waals surface area (Å²) < 4.78 is 0. The Morgan fingerprint density at radius 2 is 1.90 bits per heavy atom. The van der Waals surface area contributed by atoms with Crippen LogP contribution < -0.4 is 10.6 Å². The molecule has 0 bridgehead atoms. The van der Waals surface area contributed by atoms with E-state index < -0.39 is 0 Å². The molecule has 1 saturated carbocycles. The highest BCUT2D eigenvalue weighted by molar-refractivity contribution is 5.95. The van der Waals surface area contributed by atoms with Crippen LogP contribution in [0.5, 0.6) is 0 Å². The highest BCUT2D eigenvalue weighted by Crippen LogP contribution is 2.62. The average molecular weight is 272 g/mol. The molecule has 1 fully saturated rings. The predicted molar refractivity (Wildman–Crippen MR) is 80.7 cm³/mol. The van der Waals surface area contributed by atoms with Gasteiger partial charge in [0.1, 0.15) is 0 Å². The number of carbonyl (C=O) groups excluding carboxylic acids is 1. The van der Waals surface area contributed by atoms with Crippen molar-refractivity contribution in [1.82, 2.24) is 10.6 Å². The SMILES string of the molecule is CC1(C)C(NC(=O)c2ccc3c(c2)CNCC3)C1(C)C. The van der Waals surface area contributed by atoms with Crippen LogP contribution in [-0.4, -0.2) is 18.5 Å². The number of nitrogens with one attached hydrogen (secondary N) is 2. The molecule has 1 aromatic rings. The fraction of sp³-hybridized carbons (Fsp3) is 0.588. The van der Waals surface area contributed by atoms with Gasteiger partial charge >= 0.3 is 0 Å². The Labute approximate surface area is 121 Å². The van der Waals surface area contributed by atoms with Gasteiger partial charge in [-0.3, -0.25) is 4.79 Å². The normalized spacial score (nSPS) is 23.0. The molecule has 0 radical (unpaired) electrons. The third kappa shape index (κ3) is 1.96. The zero-order valence-corrected chi connectivity index (χ0v) is 12.8. The molecule has 1 amide bonds. The molecular formula is C17H24N2O. The summed E-state index contributed by atoms with van der Waals surface area (Å²) >= 11 is 0. The summed E-state index contributed by atoms with van der Waals surface area (Å²) in [5.74, 6) is 0.0574. The summed E-state index contributed by atoms with van der Waals surface area (Å²) in [4.78, 5) is 12.4. The maximum absolute atomic E-state index is 12.4. The van der Waals surface area contributed by atoms with Crippen LogP contribution in [0.3, 0.4) is 0 Å². The summed E-state index contributed by atoms with van der Waals surface area (Å²) in [7, 11) is 0. The van der Waals surface area contributed by atoms with E-state index in [1.54, 1.807) is 0 Å². The molecular weight excluding hydrogens is 248 g/mol. The topological polar surface area (TPSA) is 41.1 Å². The third-order valence-corrected chi connectivity index (χ3v) is 5.65. The highest BCUT2D eigenvalue weighted by atomic mass is 16.1.